The number of aromatic nitrogens is 2. The highest BCUT2D eigenvalue weighted by molar-refractivity contribution is 5.77. The van der Waals surface area contributed by atoms with E-state index < -0.39 is 0 Å². The molecule has 6 heteroatoms. The average Bonchev–Trinajstić information content (AvgIpc) is 2.52. The third kappa shape index (κ3) is 5.45. The van der Waals surface area contributed by atoms with Crippen LogP contribution in [-0.4, -0.2) is 33.6 Å². The lowest BCUT2D eigenvalue weighted by Gasteiger charge is -2.14. The van der Waals surface area contributed by atoms with Crippen molar-refractivity contribution in [2.24, 2.45) is 5.92 Å². The molecule has 0 radical (unpaired) electrons. The number of para-hydroxylation sites is 1. The van der Waals surface area contributed by atoms with Gasteiger partial charge in [-0.3, -0.25) is 9.59 Å². The van der Waals surface area contributed by atoms with Crippen molar-refractivity contribution in [1.29, 1.82) is 0 Å². The highest BCUT2D eigenvalue weighted by atomic mass is 16.3. The van der Waals surface area contributed by atoms with Crippen molar-refractivity contribution >= 4 is 16.8 Å². The number of rotatable bonds is 8. The third-order valence-electron chi connectivity index (χ3n) is 3.87. The van der Waals surface area contributed by atoms with Gasteiger partial charge in [0.15, 0.2) is 0 Å². The lowest BCUT2D eigenvalue weighted by Crippen LogP contribution is -2.29. The van der Waals surface area contributed by atoms with Crippen LogP contribution in [0.25, 0.3) is 10.9 Å². The van der Waals surface area contributed by atoms with Gasteiger partial charge < -0.3 is 15.4 Å². The summed E-state index contributed by atoms with van der Waals surface area (Å²) in [7, 11) is 0. The van der Waals surface area contributed by atoms with Gasteiger partial charge in [0.05, 0.1) is 17.0 Å². The van der Waals surface area contributed by atoms with Gasteiger partial charge in [-0.05, 0) is 37.8 Å². The van der Waals surface area contributed by atoms with Gasteiger partial charge in [-0.15, -0.1) is 0 Å². The van der Waals surface area contributed by atoms with Crippen molar-refractivity contribution < 1.29 is 9.90 Å². The van der Waals surface area contributed by atoms with Crippen molar-refractivity contribution in [2.75, 3.05) is 6.54 Å². The van der Waals surface area contributed by atoms with Crippen molar-refractivity contribution in [3.8, 4) is 0 Å². The minimum absolute atomic E-state index is 0.0180. The van der Waals surface area contributed by atoms with Crippen LogP contribution in [0.3, 0.4) is 0 Å². The van der Waals surface area contributed by atoms with E-state index in [4.69, 9.17) is 0 Å². The summed E-state index contributed by atoms with van der Waals surface area (Å²) in [5.74, 6) is 0.831. The monoisotopic (exact) mass is 331 g/mol. The second-order valence-electron chi connectivity index (χ2n) is 6.38. The fourth-order valence-corrected chi connectivity index (χ4v) is 2.71. The van der Waals surface area contributed by atoms with E-state index in [2.05, 4.69) is 15.3 Å². The van der Waals surface area contributed by atoms with Crippen molar-refractivity contribution in [3.63, 3.8) is 0 Å². The van der Waals surface area contributed by atoms with Gasteiger partial charge in [0, 0.05) is 19.4 Å². The van der Waals surface area contributed by atoms with Crippen LogP contribution in [0.5, 0.6) is 0 Å². The van der Waals surface area contributed by atoms with Crippen LogP contribution < -0.4 is 10.9 Å². The Labute approximate surface area is 141 Å². The van der Waals surface area contributed by atoms with Gasteiger partial charge in [0.25, 0.3) is 5.56 Å². The second kappa shape index (κ2) is 8.59. The first-order valence-electron chi connectivity index (χ1n) is 8.38. The van der Waals surface area contributed by atoms with E-state index >= 15 is 0 Å². The molecule has 3 N–H and O–H groups in total. The van der Waals surface area contributed by atoms with E-state index in [9.17, 15) is 14.7 Å². The van der Waals surface area contributed by atoms with E-state index in [-0.39, 0.29) is 23.5 Å². The molecule has 2 rings (SSSR count). The van der Waals surface area contributed by atoms with E-state index in [0.29, 0.717) is 49.0 Å². The molecule has 0 aliphatic rings. The number of carbonyl (C=O) groups excluding carboxylic acids is 1. The van der Waals surface area contributed by atoms with E-state index in [1.807, 2.05) is 25.1 Å². The number of aliphatic hydroxyl groups is 1. The predicted molar refractivity (Wildman–Crippen MR) is 93.8 cm³/mol. The molecule has 2 atom stereocenters. The highest BCUT2D eigenvalue weighted by Crippen LogP contribution is 2.08. The van der Waals surface area contributed by atoms with Gasteiger partial charge in [-0.25, -0.2) is 4.98 Å². The molecule has 1 heterocycles. The number of nitrogens with one attached hydrogen (secondary N) is 2. The molecule has 0 saturated carbocycles. The topological polar surface area (TPSA) is 95.1 Å². The maximum atomic E-state index is 12.0. The first-order valence-corrected chi connectivity index (χ1v) is 8.38. The summed E-state index contributed by atoms with van der Waals surface area (Å²) in [5, 5.41) is 12.8. The summed E-state index contributed by atoms with van der Waals surface area (Å²) >= 11 is 0. The molecule has 24 heavy (non-hydrogen) atoms. The summed E-state index contributed by atoms with van der Waals surface area (Å²) in [6.45, 7) is 4.31. The van der Waals surface area contributed by atoms with Crippen molar-refractivity contribution in [2.45, 2.75) is 45.6 Å². The molecule has 130 valence electrons. The minimum atomic E-state index is -0.354. The Morgan fingerprint density at radius 3 is 2.83 bits per heavy atom. The number of aryl methyl sites for hydroxylation is 1. The average molecular weight is 331 g/mol. The zero-order valence-electron chi connectivity index (χ0n) is 14.2. The van der Waals surface area contributed by atoms with Crippen LogP contribution in [0.4, 0.5) is 0 Å². The number of aromatic amines is 1. The van der Waals surface area contributed by atoms with Crippen LogP contribution in [0.2, 0.25) is 0 Å². The summed E-state index contributed by atoms with van der Waals surface area (Å²) in [4.78, 5) is 31.0. The van der Waals surface area contributed by atoms with Crippen LogP contribution in [0, 0.1) is 5.92 Å². The Bertz CT molecular complexity index is 740. The Morgan fingerprint density at radius 1 is 1.33 bits per heavy atom. The lowest BCUT2D eigenvalue weighted by atomic mass is 10.0. The maximum absolute atomic E-state index is 12.0. The summed E-state index contributed by atoms with van der Waals surface area (Å²) < 4.78 is 0. The number of H-pyrrole nitrogens is 1. The Hall–Kier alpha value is -2.21. The second-order valence-corrected chi connectivity index (χ2v) is 6.38. The molecule has 1 aromatic heterocycles. The molecule has 2 unspecified atom stereocenters. The lowest BCUT2D eigenvalue weighted by molar-refractivity contribution is -0.121. The number of carbonyl (C=O) groups is 1. The number of hydrogen-bond acceptors (Lipinski definition) is 4. The molecular weight excluding hydrogens is 306 g/mol. The first kappa shape index (κ1) is 18.1. The third-order valence-corrected chi connectivity index (χ3v) is 3.87. The largest absolute Gasteiger partial charge is 0.393 e. The Balaban J connectivity index is 1.80. The van der Waals surface area contributed by atoms with Crippen LogP contribution in [-0.2, 0) is 11.2 Å². The Morgan fingerprint density at radius 2 is 2.08 bits per heavy atom. The summed E-state index contributed by atoms with van der Waals surface area (Å²) in [6.07, 6.45) is 1.88. The van der Waals surface area contributed by atoms with Gasteiger partial charge in [0.2, 0.25) is 5.91 Å². The predicted octanol–water partition coefficient (Wildman–Crippen LogP) is 1.77. The zero-order chi connectivity index (χ0) is 17.5. The standard InChI is InChI=1S/C18H25N3O3/c1-12(10-13(2)22)11-19-17(23)9-5-8-16-20-15-7-4-3-6-14(15)18(24)21-16/h3-4,6-7,12-13,22H,5,8-11H2,1-2H3,(H,19,23)(H,20,21,24). The quantitative estimate of drug-likeness (QED) is 0.687. The molecule has 0 fully saturated rings. The summed E-state index contributed by atoms with van der Waals surface area (Å²) in [6, 6.07) is 7.21. The molecule has 2 aromatic rings. The van der Waals surface area contributed by atoms with Crippen LogP contribution >= 0.6 is 0 Å². The van der Waals surface area contributed by atoms with Crippen molar-refractivity contribution in [3.05, 3.63) is 40.4 Å². The SMILES string of the molecule is CC(O)CC(C)CNC(=O)CCCc1nc2ccccc2c(=O)[nH]1. The molecule has 0 saturated heterocycles. The Kier molecular flexibility index (Phi) is 6.49. The molecule has 0 spiro atoms. The normalized spacial score (nSPS) is 13.6. The zero-order valence-corrected chi connectivity index (χ0v) is 14.2. The molecule has 0 aliphatic heterocycles. The van der Waals surface area contributed by atoms with Crippen molar-refractivity contribution in [1.82, 2.24) is 15.3 Å². The first-order chi connectivity index (χ1) is 11.5. The smallest absolute Gasteiger partial charge is 0.258 e. The van der Waals surface area contributed by atoms with Gasteiger partial charge in [0.1, 0.15) is 5.82 Å². The molecule has 1 aromatic carbocycles. The number of nitrogens with zero attached hydrogens (tertiary/aromatic N) is 1. The molecule has 6 nitrogen and oxygen atoms in total. The summed E-state index contributed by atoms with van der Waals surface area (Å²) in [5.41, 5.74) is 0.527. The minimum Gasteiger partial charge on any atom is -0.393 e. The number of hydrogen-bond donors (Lipinski definition) is 3. The van der Waals surface area contributed by atoms with Crippen LogP contribution in [0.1, 0.15) is 38.9 Å². The van der Waals surface area contributed by atoms with Crippen LogP contribution in [0.15, 0.2) is 29.1 Å². The van der Waals surface area contributed by atoms with Gasteiger partial charge in [-0.1, -0.05) is 19.1 Å². The number of amides is 1. The number of benzene rings is 1. The van der Waals surface area contributed by atoms with E-state index in [0.717, 1.165) is 0 Å². The number of fused-ring (bicyclic) bond motifs is 1. The van der Waals surface area contributed by atoms with E-state index in [1.54, 1.807) is 13.0 Å². The molecule has 1 amide bonds. The fraction of sp³-hybridized carbons (Fsp3) is 0.500. The van der Waals surface area contributed by atoms with Gasteiger partial charge >= 0.3 is 0 Å². The highest BCUT2D eigenvalue weighted by Gasteiger charge is 2.09. The van der Waals surface area contributed by atoms with Gasteiger partial charge in [-0.2, -0.15) is 0 Å². The molecule has 0 bridgehead atoms. The fourth-order valence-electron chi connectivity index (χ4n) is 2.71. The maximum Gasteiger partial charge on any atom is 0.258 e. The molecule has 0 aliphatic carbocycles. The number of aliphatic hydroxyl groups excluding tert-OH is 1. The molecular formula is C18H25N3O3. The van der Waals surface area contributed by atoms with E-state index in [1.165, 1.54) is 0 Å².